The van der Waals surface area contributed by atoms with Crippen molar-refractivity contribution in [3.05, 3.63) is 47.5 Å². The van der Waals surface area contributed by atoms with Crippen LogP contribution in [-0.4, -0.2) is 27.0 Å². The number of hydrogen-bond acceptors (Lipinski definition) is 7. The number of hydrogen-bond donors (Lipinski definition) is 1. The molecule has 0 saturated carbocycles. The number of rotatable bonds is 6. The monoisotopic (exact) mass is 348 g/mol. The Bertz CT molecular complexity index is 831. The van der Waals surface area contributed by atoms with Crippen LogP contribution in [0.4, 0.5) is 4.39 Å². The standard InChI is InChI=1S/C15H13FN4O3S/c1-9-6-12(20-23-9)14-18-19-15(22-14)24-8-13(21)17-7-10-2-4-11(16)5-3-10/h2-6H,7-8H2,1H3,(H,17,21). The summed E-state index contributed by atoms with van der Waals surface area (Å²) >= 11 is 1.12. The number of amides is 1. The maximum absolute atomic E-state index is 12.8. The lowest BCUT2D eigenvalue weighted by atomic mass is 10.2. The Labute approximate surface area is 140 Å². The summed E-state index contributed by atoms with van der Waals surface area (Å²) in [5.41, 5.74) is 1.27. The third-order valence-corrected chi connectivity index (χ3v) is 3.80. The highest BCUT2D eigenvalue weighted by Gasteiger charge is 2.14. The molecule has 3 rings (SSSR count). The molecule has 0 aliphatic rings. The van der Waals surface area contributed by atoms with Gasteiger partial charge in [0.1, 0.15) is 11.6 Å². The summed E-state index contributed by atoms with van der Waals surface area (Å²) in [6.07, 6.45) is 0. The molecular weight excluding hydrogens is 335 g/mol. The minimum Gasteiger partial charge on any atom is -0.409 e. The van der Waals surface area contributed by atoms with E-state index in [4.69, 9.17) is 8.94 Å². The highest BCUT2D eigenvalue weighted by molar-refractivity contribution is 7.99. The molecule has 1 aromatic carbocycles. The van der Waals surface area contributed by atoms with Gasteiger partial charge in [-0.3, -0.25) is 4.79 Å². The first-order chi connectivity index (χ1) is 11.6. The third kappa shape index (κ3) is 4.19. The van der Waals surface area contributed by atoms with Crippen LogP contribution in [0.2, 0.25) is 0 Å². The second kappa shape index (κ2) is 7.26. The summed E-state index contributed by atoms with van der Waals surface area (Å²) in [5.74, 6) is 0.496. The van der Waals surface area contributed by atoms with Gasteiger partial charge >= 0.3 is 0 Å². The molecule has 0 bridgehead atoms. The Balaban J connectivity index is 1.48. The molecular formula is C15H13FN4O3S. The van der Waals surface area contributed by atoms with Crippen LogP contribution in [0, 0.1) is 12.7 Å². The molecule has 0 unspecified atom stereocenters. The van der Waals surface area contributed by atoms with Crippen molar-refractivity contribution >= 4 is 17.7 Å². The van der Waals surface area contributed by atoms with Crippen LogP contribution in [-0.2, 0) is 11.3 Å². The lowest BCUT2D eigenvalue weighted by molar-refractivity contribution is -0.118. The summed E-state index contributed by atoms with van der Waals surface area (Å²) in [4.78, 5) is 11.8. The van der Waals surface area contributed by atoms with Crippen molar-refractivity contribution in [3.8, 4) is 11.6 Å². The van der Waals surface area contributed by atoms with Gasteiger partial charge in [-0.25, -0.2) is 4.39 Å². The van der Waals surface area contributed by atoms with Gasteiger partial charge in [-0.05, 0) is 24.6 Å². The Morgan fingerprint density at radius 2 is 2.08 bits per heavy atom. The first kappa shape index (κ1) is 16.2. The van der Waals surface area contributed by atoms with Gasteiger partial charge in [0.05, 0.1) is 5.75 Å². The number of aromatic nitrogens is 3. The fourth-order valence-electron chi connectivity index (χ4n) is 1.82. The van der Waals surface area contributed by atoms with E-state index in [0.29, 0.717) is 18.0 Å². The van der Waals surface area contributed by atoms with E-state index in [0.717, 1.165) is 17.3 Å². The molecule has 2 heterocycles. The second-order valence-electron chi connectivity index (χ2n) is 4.89. The number of thioether (sulfide) groups is 1. The van der Waals surface area contributed by atoms with Crippen LogP contribution in [0.5, 0.6) is 0 Å². The Morgan fingerprint density at radius 3 is 2.79 bits per heavy atom. The molecule has 7 nitrogen and oxygen atoms in total. The van der Waals surface area contributed by atoms with Gasteiger partial charge in [0.2, 0.25) is 5.91 Å². The zero-order valence-corrected chi connectivity index (χ0v) is 13.5. The van der Waals surface area contributed by atoms with Crippen LogP contribution in [0.25, 0.3) is 11.6 Å². The maximum Gasteiger partial charge on any atom is 0.277 e. The molecule has 0 aliphatic carbocycles. The maximum atomic E-state index is 12.8. The molecule has 1 amide bonds. The third-order valence-electron chi connectivity index (χ3n) is 2.98. The van der Waals surface area contributed by atoms with Crippen molar-refractivity contribution in [2.45, 2.75) is 18.7 Å². The van der Waals surface area contributed by atoms with Crippen molar-refractivity contribution in [1.29, 1.82) is 0 Å². The van der Waals surface area contributed by atoms with Crippen LogP contribution < -0.4 is 5.32 Å². The Morgan fingerprint density at radius 1 is 1.29 bits per heavy atom. The fraction of sp³-hybridized carbons (Fsp3) is 0.200. The predicted octanol–water partition coefficient (Wildman–Crippen LogP) is 2.58. The minimum atomic E-state index is -0.310. The van der Waals surface area contributed by atoms with Crippen LogP contribution in [0.3, 0.4) is 0 Å². The first-order valence-electron chi connectivity index (χ1n) is 7.01. The zero-order chi connectivity index (χ0) is 16.9. The second-order valence-corrected chi connectivity index (χ2v) is 5.81. The molecule has 24 heavy (non-hydrogen) atoms. The van der Waals surface area contributed by atoms with E-state index in [1.54, 1.807) is 25.1 Å². The summed E-state index contributed by atoms with van der Waals surface area (Å²) < 4.78 is 23.1. The van der Waals surface area contributed by atoms with E-state index in [-0.39, 0.29) is 28.6 Å². The molecule has 0 aliphatic heterocycles. The van der Waals surface area contributed by atoms with Crippen molar-refractivity contribution < 1.29 is 18.1 Å². The van der Waals surface area contributed by atoms with Crippen LogP contribution in [0.15, 0.2) is 44.5 Å². The van der Waals surface area contributed by atoms with Gasteiger partial charge in [-0.15, -0.1) is 10.2 Å². The highest BCUT2D eigenvalue weighted by atomic mass is 32.2. The van der Waals surface area contributed by atoms with E-state index >= 15 is 0 Å². The SMILES string of the molecule is Cc1cc(-c2nnc(SCC(=O)NCc3ccc(F)cc3)o2)no1. The smallest absolute Gasteiger partial charge is 0.277 e. The molecule has 0 radical (unpaired) electrons. The van der Waals surface area contributed by atoms with Crippen molar-refractivity contribution in [2.24, 2.45) is 0 Å². The number of nitrogens with one attached hydrogen (secondary N) is 1. The van der Waals surface area contributed by atoms with E-state index in [2.05, 4.69) is 20.7 Å². The largest absolute Gasteiger partial charge is 0.409 e. The van der Waals surface area contributed by atoms with Gasteiger partial charge in [-0.2, -0.15) is 0 Å². The van der Waals surface area contributed by atoms with Crippen LogP contribution in [0.1, 0.15) is 11.3 Å². The van der Waals surface area contributed by atoms with Crippen molar-refractivity contribution in [2.75, 3.05) is 5.75 Å². The summed E-state index contributed by atoms with van der Waals surface area (Å²) in [7, 11) is 0. The predicted molar refractivity (Wildman–Crippen MR) is 83.5 cm³/mol. The summed E-state index contributed by atoms with van der Waals surface area (Å²) in [6, 6.07) is 7.61. The van der Waals surface area contributed by atoms with Gasteiger partial charge in [0, 0.05) is 12.6 Å². The Kier molecular flexibility index (Phi) is 4.90. The molecule has 0 spiro atoms. The number of halogens is 1. The molecule has 0 atom stereocenters. The lowest BCUT2D eigenvalue weighted by Crippen LogP contribution is -2.24. The number of aryl methyl sites for hydroxylation is 1. The molecule has 3 aromatic rings. The van der Waals surface area contributed by atoms with Crippen LogP contribution >= 0.6 is 11.8 Å². The molecule has 0 saturated heterocycles. The Hall–Kier alpha value is -2.68. The van der Waals surface area contributed by atoms with E-state index in [1.165, 1.54) is 12.1 Å². The minimum absolute atomic E-state index is 0.126. The average molecular weight is 348 g/mol. The molecule has 1 N–H and O–H groups in total. The molecule has 124 valence electrons. The van der Waals surface area contributed by atoms with Crippen molar-refractivity contribution in [3.63, 3.8) is 0 Å². The summed E-state index contributed by atoms with van der Waals surface area (Å²) in [5, 5.41) is 14.5. The van der Waals surface area contributed by atoms with Crippen molar-refractivity contribution in [1.82, 2.24) is 20.7 Å². The fourth-order valence-corrected chi connectivity index (χ4v) is 2.41. The number of nitrogens with zero attached hydrogens (tertiary/aromatic N) is 3. The lowest BCUT2D eigenvalue weighted by Gasteiger charge is -2.04. The molecule has 0 fully saturated rings. The van der Waals surface area contributed by atoms with Gasteiger partial charge in [0.25, 0.3) is 11.1 Å². The van der Waals surface area contributed by atoms with Gasteiger partial charge < -0.3 is 14.3 Å². The van der Waals surface area contributed by atoms with E-state index in [9.17, 15) is 9.18 Å². The quantitative estimate of drug-likeness (QED) is 0.684. The zero-order valence-electron chi connectivity index (χ0n) is 12.7. The van der Waals surface area contributed by atoms with Gasteiger partial charge in [0.15, 0.2) is 5.69 Å². The first-order valence-corrected chi connectivity index (χ1v) is 8.00. The number of carbonyl (C=O) groups is 1. The van der Waals surface area contributed by atoms with Gasteiger partial charge in [-0.1, -0.05) is 29.1 Å². The molecule has 2 aromatic heterocycles. The topological polar surface area (TPSA) is 94.1 Å². The summed E-state index contributed by atoms with van der Waals surface area (Å²) in [6.45, 7) is 2.08. The van der Waals surface area contributed by atoms with E-state index in [1.807, 2.05) is 0 Å². The number of carbonyl (C=O) groups excluding carboxylic acids is 1. The van der Waals surface area contributed by atoms with E-state index < -0.39 is 0 Å². The average Bonchev–Trinajstić information content (AvgIpc) is 3.21. The highest BCUT2D eigenvalue weighted by Crippen LogP contribution is 2.22. The number of benzene rings is 1. The molecule has 9 heteroatoms. The normalized spacial score (nSPS) is 10.8.